The second-order valence-corrected chi connectivity index (χ2v) is 8.30. The third kappa shape index (κ3) is 3.08. The molecule has 0 aromatic carbocycles. The van der Waals surface area contributed by atoms with Crippen LogP contribution in [0.15, 0.2) is 12.4 Å². The average molecular weight is 352 g/mol. The lowest BCUT2D eigenvalue weighted by Crippen LogP contribution is -2.49. The van der Waals surface area contributed by atoms with Crippen LogP contribution in [0.1, 0.15) is 5.69 Å². The van der Waals surface area contributed by atoms with E-state index >= 15 is 0 Å². The highest BCUT2D eigenvalue weighted by Crippen LogP contribution is 2.27. The van der Waals surface area contributed by atoms with Gasteiger partial charge in [0, 0.05) is 52.0 Å². The van der Waals surface area contributed by atoms with Gasteiger partial charge in [-0.1, -0.05) is 0 Å². The van der Waals surface area contributed by atoms with Crippen LogP contribution in [0.4, 0.5) is 5.82 Å². The van der Waals surface area contributed by atoms with E-state index in [1.54, 1.807) is 6.20 Å². The largest absolute Gasteiger partial charge is 0.379 e. The zero-order valence-corrected chi connectivity index (χ0v) is 14.5. The summed E-state index contributed by atoms with van der Waals surface area (Å²) in [5.74, 6) is 0.491. The third-order valence-electron chi connectivity index (χ3n) is 4.28. The highest BCUT2D eigenvalue weighted by atomic mass is 32.2. The van der Waals surface area contributed by atoms with Crippen LogP contribution in [0.3, 0.4) is 0 Å². The minimum atomic E-state index is -3.50. The van der Waals surface area contributed by atoms with Crippen LogP contribution in [0.2, 0.25) is 0 Å². The predicted octanol–water partition coefficient (Wildman–Crippen LogP) is -0.708. The molecule has 130 valence electrons. The molecule has 2 fully saturated rings. The van der Waals surface area contributed by atoms with E-state index in [0.717, 1.165) is 0 Å². The van der Waals surface area contributed by atoms with Crippen LogP contribution >= 0.6 is 0 Å². The van der Waals surface area contributed by atoms with Crippen LogP contribution in [0.5, 0.6) is 0 Å². The van der Waals surface area contributed by atoms with Crippen LogP contribution < -0.4 is 4.90 Å². The molecule has 0 spiro atoms. The fraction of sp³-hybridized carbons (Fsp3) is 0.643. The highest BCUT2D eigenvalue weighted by Gasteiger charge is 2.39. The summed E-state index contributed by atoms with van der Waals surface area (Å²) < 4.78 is 33.5. The van der Waals surface area contributed by atoms with Crippen molar-refractivity contribution >= 4 is 16.0 Å². The van der Waals surface area contributed by atoms with Crippen molar-refractivity contribution < 1.29 is 13.2 Å². The molecule has 3 rings (SSSR count). The van der Waals surface area contributed by atoms with Gasteiger partial charge in [0.25, 0.3) is 10.2 Å². The molecule has 0 amide bonds. The van der Waals surface area contributed by atoms with Crippen molar-refractivity contribution in [3.63, 3.8) is 0 Å². The van der Waals surface area contributed by atoms with Gasteiger partial charge >= 0.3 is 0 Å². The summed E-state index contributed by atoms with van der Waals surface area (Å²) in [7, 11) is -0.446. The molecule has 2 saturated heterocycles. The van der Waals surface area contributed by atoms with E-state index in [-0.39, 0.29) is 17.7 Å². The topological polar surface area (TPSA) is 103 Å². The monoisotopic (exact) mass is 352 g/mol. The van der Waals surface area contributed by atoms with Crippen molar-refractivity contribution in [1.82, 2.24) is 18.6 Å². The molecule has 9 nitrogen and oxygen atoms in total. The molecule has 1 aromatic heterocycles. The number of nitrogens with zero attached hydrogens (tertiary/aromatic N) is 6. The van der Waals surface area contributed by atoms with Gasteiger partial charge in [0.05, 0.1) is 19.3 Å². The molecule has 2 atom stereocenters. The smallest absolute Gasteiger partial charge is 0.281 e. The van der Waals surface area contributed by atoms with Crippen molar-refractivity contribution in [2.24, 2.45) is 5.92 Å². The highest BCUT2D eigenvalue weighted by molar-refractivity contribution is 7.86. The molecule has 24 heavy (non-hydrogen) atoms. The molecular weight excluding hydrogens is 332 g/mol. The summed E-state index contributed by atoms with van der Waals surface area (Å²) in [6.07, 6.45) is 3.02. The second-order valence-electron chi connectivity index (χ2n) is 6.16. The molecule has 2 aliphatic heterocycles. The Morgan fingerprint density at radius 1 is 1.25 bits per heavy atom. The zero-order valence-electron chi connectivity index (χ0n) is 13.7. The van der Waals surface area contributed by atoms with E-state index in [9.17, 15) is 13.7 Å². The SMILES string of the molecule is CN(C)S(=O)(=O)N1C[C@@H]2COC[C@H](C1)N(c1nccnc1C#N)C2. The summed E-state index contributed by atoms with van der Waals surface area (Å²) in [6, 6.07) is 1.84. The molecule has 0 N–H and O–H groups in total. The molecular formula is C14H20N6O3S. The summed E-state index contributed by atoms with van der Waals surface area (Å²) >= 11 is 0. The Kier molecular flexibility index (Phi) is 4.69. The van der Waals surface area contributed by atoms with E-state index < -0.39 is 10.2 Å². The Bertz CT molecular complexity index is 747. The summed E-state index contributed by atoms with van der Waals surface area (Å²) in [6.45, 7) is 2.12. The van der Waals surface area contributed by atoms with Gasteiger partial charge in [-0.2, -0.15) is 22.3 Å². The second kappa shape index (κ2) is 6.60. The zero-order chi connectivity index (χ0) is 17.3. The maximum atomic E-state index is 12.5. The van der Waals surface area contributed by atoms with E-state index in [2.05, 4.69) is 16.0 Å². The molecule has 2 bridgehead atoms. The first kappa shape index (κ1) is 17.0. The Balaban J connectivity index is 1.97. The van der Waals surface area contributed by atoms with Gasteiger partial charge in [-0.05, 0) is 0 Å². The van der Waals surface area contributed by atoms with Gasteiger partial charge in [-0.15, -0.1) is 0 Å². The Morgan fingerprint density at radius 3 is 2.71 bits per heavy atom. The minimum absolute atomic E-state index is 0.000717. The van der Waals surface area contributed by atoms with Gasteiger partial charge in [0.2, 0.25) is 0 Å². The number of hydrogen-bond acceptors (Lipinski definition) is 7. The molecule has 3 heterocycles. The predicted molar refractivity (Wildman–Crippen MR) is 86.4 cm³/mol. The van der Waals surface area contributed by atoms with Gasteiger partial charge < -0.3 is 9.64 Å². The van der Waals surface area contributed by atoms with Crippen molar-refractivity contribution in [3.05, 3.63) is 18.1 Å². The lowest BCUT2D eigenvalue weighted by atomic mass is 10.1. The van der Waals surface area contributed by atoms with Crippen LogP contribution in [0.25, 0.3) is 0 Å². The Morgan fingerprint density at radius 2 is 2.00 bits per heavy atom. The maximum Gasteiger partial charge on any atom is 0.281 e. The number of hydrogen-bond donors (Lipinski definition) is 0. The number of anilines is 1. The first-order valence-corrected chi connectivity index (χ1v) is 9.06. The van der Waals surface area contributed by atoms with E-state index in [0.29, 0.717) is 38.7 Å². The number of fused-ring (bicyclic) bond motifs is 3. The molecule has 0 unspecified atom stereocenters. The number of aromatic nitrogens is 2. The summed E-state index contributed by atoms with van der Waals surface area (Å²) in [5, 5.41) is 9.29. The third-order valence-corrected chi connectivity index (χ3v) is 6.15. The first-order valence-electron chi connectivity index (χ1n) is 7.66. The lowest BCUT2D eigenvalue weighted by Gasteiger charge is -2.32. The lowest BCUT2D eigenvalue weighted by molar-refractivity contribution is 0.0831. The van der Waals surface area contributed by atoms with Crippen molar-refractivity contribution in [3.8, 4) is 6.07 Å². The normalized spacial score (nSPS) is 25.3. The quantitative estimate of drug-likeness (QED) is 0.708. The maximum absolute atomic E-state index is 12.5. The van der Waals surface area contributed by atoms with Crippen LogP contribution in [-0.4, -0.2) is 80.0 Å². The Labute approximate surface area is 141 Å². The number of nitriles is 1. The van der Waals surface area contributed by atoms with Crippen molar-refractivity contribution in [2.45, 2.75) is 6.04 Å². The molecule has 2 aliphatic rings. The number of ether oxygens (including phenoxy) is 1. The van der Waals surface area contributed by atoms with Gasteiger partial charge in [0.15, 0.2) is 11.5 Å². The fourth-order valence-electron chi connectivity index (χ4n) is 3.10. The van der Waals surface area contributed by atoms with Crippen molar-refractivity contribution in [1.29, 1.82) is 5.26 Å². The van der Waals surface area contributed by atoms with E-state index in [4.69, 9.17) is 4.74 Å². The van der Waals surface area contributed by atoms with Gasteiger partial charge in [-0.3, -0.25) is 0 Å². The summed E-state index contributed by atoms with van der Waals surface area (Å²) in [4.78, 5) is 10.3. The van der Waals surface area contributed by atoms with Crippen LogP contribution in [0, 0.1) is 17.2 Å². The van der Waals surface area contributed by atoms with Gasteiger partial charge in [-0.25, -0.2) is 9.97 Å². The average Bonchev–Trinajstić information content (AvgIpc) is 2.85. The molecule has 10 heteroatoms. The molecule has 0 aliphatic carbocycles. The summed E-state index contributed by atoms with van der Waals surface area (Å²) in [5.41, 5.74) is 0.243. The van der Waals surface area contributed by atoms with E-state index in [1.807, 2.05) is 4.90 Å². The van der Waals surface area contributed by atoms with Gasteiger partial charge in [0.1, 0.15) is 6.07 Å². The molecule has 0 saturated carbocycles. The van der Waals surface area contributed by atoms with E-state index in [1.165, 1.54) is 28.9 Å². The molecule has 0 radical (unpaired) electrons. The Hall–Kier alpha value is -1.80. The van der Waals surface area contributed by atoms with Crippen molar-refractivity contribution in [2.75, 3.05) is 51.8 Å². The van der Waals surface area contributed by atoms with Crippen LogP contribution in [-0.2, 0) is 14.9 Å². The fourth-order valence-corrected chi connectivity index (χ4v) is 4.32. The standard InChI is InChI=1S/C14H20N6O3S/c1-18(2)24(21,22)19-6-11-7-20(12(8-19)10-23-9-11)14-13(5-15)16-3-4-17-14/h3-4,11-12H,6-10H2,1-2H3/t11-,12-/m0/s1. The molecule has 1 aromatic rings. The number of rotatable bonds is 3. The minimum Gasteiger partial charge on any atom is -0.379 e. The first-order chi connectivity index (χ1) is 11.4.